The minimum absolute atomic E-state index is 0.346. The zero-order valence-corrected chi connectivity index (χ0v) is 12.2. The Bertz CT molecular complexity index is 211. The fraction of sp³-hybridized carbons (Fsp3) is 1.00. The fourth-order valence-corrected chi connectivity index (χ4v) is 2.39. The highest BCUT2D eigenvalue weighted by Gasteiger charge is 2.28. The molecule has 0 aromatic rings. The van der Waals surface area contributed by atoms with E-state index < -0.39 is 5.60 Å². The van der Waals surface area contributed by atoms with Crippen LogP contribution in [-0.2, 0) is 0 Å². The molecule has 0 aromatic carbocycles. The van der Waals surface area contributed by atoms with E-state index in [1.165, 1.54) is 25.7 Å². The van der Waals surface area contributed by atoms with Gasteiger partial charge in [-0.3, -0.25) is 0 Å². The van der Waals surface area contributed by atoms with Crippen molar-refractivity contribution in [3.05, 3.63) is 0 Å². The summed E-state index contributed by atoms with van der Waals surface area (Å²) in [5.74, 6) is 0.636. The van der Waals surface area contributed by atoms with E-state index >= 15 is 0 Å². The molecule has 0 aromatic heterocycles. The Morgan fingerprint density at radius 2 is 1.65 bits per heavy atom. The van der Waals surface area contributed by atoms with E-state index in [9.17, 15) is 5.11 Å². The van der Waals surface area contributed by atoms with Gasteiger partial charge in [-0.05, 0) is 30.7 Å². The highest BCUT2D eigenvalue weighted by Crippen LogP contribution is 2.27. The predicted octanol–water partition coefficient (Wildman–Crippen LogP) is 3.34. The van der Waals surface area contributed by atoms with Crippen LogP contribution in [0.15, 0.2) is 0 Å². The van der Waals surface area contributed by atoms with Crippen molar-refractivity contribution in [3.63, 3.8) is 0 Å². The largest absolute Gasteiger partial charge is 0.389 e. The first-order valence-corrected chi connectivity index (χ1v) is 7.27. The maximum absolute atomic E-state index is 10.5. The van der Waals surface area contributed by atoms with Crippen LogP contribution in [0.4, 0.5) is 0 Å². The van der Waals surface area contributed by atoms with Crippen molar-refractivity contribution in [2.75, 3.05) is 13.1 Å². The third-order valence-electron chi connectivity index (χ3n) is 4.42. The average Bonchev–Trinajstić information content (AvgIpc) is 2.42. The first-order chi connectivity index (χ1) is 7.83. The molecule has 102 valence electrons. The molecule has 1 rings (SSSR count). The highest BCUT2D eigenvalue weighted by atomic mass is 16.3. The molecule has 1 aliphatic rings. The Hall–Kier alpha value is -0.0800. The monoisotopic (exact) mass is 241 g/mol. The zero-order valence-electron chi connectivity index (χ0n) is 12.2. The number of rotatable bonds is 4. The van der Waals surface area contributed by atoms with Gasteiger partial charge in [-0.15, -0.1) is 0 Å². The second kappa shape index (κ2) is 6.19. The van der Waals surface area contributed by atoms with Crippen LogP contribution in [0.2, 0.25) is 0 Å². The molecule has 1 saturated carbocycles. The lowest BCUT2D eigenvalue weighted by molar-refractivity contribution is 0.0235. The molecule has 0 radical (unpaired) electrons. The molecule has 0 spiro atoms. The van der Waals surface area contributed by atoms with Gasteiger partial charge in [0.15, 0.2) is 0 Å². The lowest BCUT2D eigenvalue weighted by Gasteiger charge is -2.31. The number of aliphatic hydroxyl groups is 1. The smallest absolute Gasteiger partial charge is 0.0771 e. The van der Waals surface area contributed by atoms with Gasteiger partial charge in [-0.25, -0.2) is 0 Å². The molecule has 1 fully saturated rings. The topological polar surface area (TPSA) is 32.3 Å². The Kier molecular flexibility index (Phi) is 5.46. The van der Waals surface area contributed by atoms with E-state index in [1.807, 2.05) is 0 Å². The lowest BCUT2D eigenvalue weighted by Crippen LogP contribution is -2.42. The fourth-order valence-electron chi connectivity index (χ4n) is 2.39. The first-order valence-electron chi connectivity index (χ1n) is 7.27. The molecule has 2 N–H and O–H groups in total. The summed E-state index contributed by atoms with van der Waals surface area (Å²) in [7, 11) is 0. The summed E-state index contributed by atoms with van der Waals surface area (Å²) in [6, 6.07) is 0. The Morgan fingerprint density at radius 3 is 2.12 bits per heavy atom. The normalized spacial score (nSPS) is 23.1. The van der Waals surface area contributed by atoms with Crippen molar-refractivity contribution in [3.8, 4) is 0 Å². The Labute approximate surface area is 107 Å². The third kappa shape index (κ3) is 5.39. The summed E-state index contributed by atoms with van der Waals surface area (Å²) >= 11 is 0. The van der Waals surface area contributed by atoms with E-state index in [-0.39, 0.29) is 0 Å². The van der Waals surface area contributed by atoms with Gasteiger partial charge in [0.05, 0.1) is 5.60 Å². The van der Waals surface area contributed by atoms with Crippen LogP contribution in [0.25, 0.3) is 0 Å². The average molecular weight is 241 g/mol. The van der Waals surface area contributed by atoms with E-state index in [0.29, 0.717) is 11.3 Å². The van der Waals surface area contributed by atoms with Crippen LogP contribution in [-0.4, -0.2) is 23.8 Å². The molecule has 0 heterocycles. The van der Waals surface area contributed by atoms with Gasteiger partial charge in [-0.1, -0.05) is 53.4 Å². The van der Waals surface area contributed by atoms with Gasteiger partial charge in [0.1, 0.15) is 0 Å². The van der Waals surface area contributed by atoms with Crippen molar-refractivity contribution in [2.24, 2.45) is 11.3 Å². The SMILES string of the molecule is CC(CNCC1(O)CCCCCC1)C(C)(C)C. The molecule has 1 aliphatic carbocycles. The molecule has 2 nitrogen and oxygen atoms in total. The number of hydrogen-bond donors (Lipinski definition) is 2. The summed E-state index contributed by atoms with van der Waals surface area (Å²) in [4.78, 5) is 0. The highest BCUT2D eigenvalue weighted by molar-refractivity contribution is 4.84. The molecule has 1 atom stereocenters. The van der Waals surface area contributed by atoms with Crippen LogP contribution >= 0.6 is 0 Å². The molecular formula is C15H31NO. The van der Waals surface area contributed by atoms with Crippen LogP contribution in [0, 0.1) is 11.3 Å². The van der Waals surface area contributed by atoms with E-state index in [4.69, 9.17) is 0 Å². The van der Waals surface area contributed by atoms with Gasteiger partial charge >= 0.3 is 0 Å². The quantitative estimate of drug-likeness (QED) is 0.740. The summed E-state index contributed by atoms with van der Waals surface area (Å²) in [5.41, 5.74) is -0.0901. The minimum Gasteiger partial charge on any atom is -0.389 e. The molecule has 0 amide bonds. The second-order valence-corrected chi connectivity index (χ2v) is 7.04. The van der Waals surface area contributed by atoms with Crippen LogP contribution in [0.3, 0.4) is 0 Å². The van der Waals surface area contributed by atoms with Gasteiger partial charge in [0.2, 0.25) is 0 Å². The summed E-state index contributed by atoms with van der Waals surface area (Å²) in [6.07, 6.45) is 6.91. The maximum atomic E-state index is 10.5. The Morgan fingerprint density at radius 1 is 1.12 bits per heavy atom. The van der Waals surface area contributed by atoms with Gasteiger partial charge in [0, 0.05) is 6.54 Å². The number of hydrogen-bond acceptors (Lipinski definition) is 2. The lowest BCUT2D eigenvalue weighted by atomic mass is 9.82. The zero-order chi connectivity index (χ0) is 12.9. The molecule has 0 aliphatic heterocycles. The van der Waals surface area contributed by atoms with Crippen LogP contribution in [0.1, 0.15) is 66.2 Å². The van der Waals surface area contributed by atoms with E-state index in [1.54, 1.807) is 0 Å². The second-order valence-electron chi connectivity index (χ2n) is 7.04. The summed E-state index contributed by atoms with van der Waals surface area (Å²) < 4.78 is 0. The summed E-state index contributed by atoms with van der Waals surface area (Å²) in [6.45, 7) is 10.9. The maximum Gasteiger partial charge on any atom is 0.0771 e. The molecule has 2 heteroatoms. The van der Waals surface area contributed by atoms with Crippen molar-refractivity contribution in [1.82, 2.24) is 5.32 Å². The molecule has 0 saturated heterocycles. The number of nitrogens with one attached hydrogen (secondary N) is 1. The van der Waals surface area contributed by atoms with Crippen molar-refractivity contribution < 1.29 is 5.11 Å². The first kappa shape index (κ1) is 15.0. The Balaban J connectivity index is 2.29. The minimum atomic E-state index is -0.436. The standard InChI is InChI=1S/C15H31NO/c1-13(14(2,3)4)11-16-12-15(17)9-7-5-6-8-10-15/h13,16-17H,5-12H2,1-4H3. The van der Waals surface area contributed by atoms with Gasteiger partial charge < -0.3 is 10.4 Å². The van der Waals surface area contributed by atoms with Crippen molar-refractivity contribution in [2.45, 2.75) is 71.8 Å². The summed E-state index contributed by atoms with van der Waals surface area (Å²) in [5, 5.41) is 14.0. The molecule has 1 unspecified atom stereocenters. The van der Waals surface area contributed by atoms with Crippen molar-refractivity contribution >= 4 is 0 Å². The van der Waals surface area contributed by atoms with Gasteiger partial charge in [0.25, 0.3) is 0 Å². The van der Waals surface area contributed by atoms with Crippen LogP contribution in [0.5, 0.6) is 0 Å². The van der Waals surface area contributed by atoms with Gasteiger partial charge in [-0.2, -0.15) is 0 Å². The molecular weight excluding hydrogens is 210 g/mol. The van der Waals surface area contributed by atoms with Crippen LogP contribution < -0.4 is 5.32 Å². The predicted molar refractivity (Wildman–Crippen MR) is 74.1 cm³/mol. The molecule has 0 bridgehead atoms. The van der Waals surface area contributed by atoms with E-state index in [0.717, 1.165) is 25.9 Å². The van der Waals surface area contributed by atoms with Crippen molar-refractivity contribution in [1.29, 1.82) is 0 Å². The van der Waals surface area contributed by atoms with E-state index in [2.05, 4.69) is 33.0 Å². The third-order valence-corrected chi connectivity index (χ3v) is 4.42. The molecule has 17 heavy (non-hydrogen) atoms.